The summed E-state index contributed by atoms with van der Waals surface area (Å²) in [5, 5.41) is 0. The molecule has 2 unspecified atom stereocenters. The molecule has 1 aromatic carbocycles. The molecule has 0 aliphatic carbocycles. The number of nitrogens with one attached hydrogen (secondary N) is 1. The van der Waals surface area contributed by atoms with E-state index in [1.54, 1.807) is 0 Å². The summed E-state index contributed by atoms with van der Waals surface area (Å²) in [6.07, 6.45) is 0.698. The van der Waals surface area contributed by atoms with Crippen LogP contribution in [0.1, 0.15) is 51.5 Å². The van der Waals surface area contributed by atoms with Crippen LogP contribution in [-0.4, -0.2) is 33.1 Å². The van der Waals surface area contributed by atoms with Gasteiger partial charge in [0, 0.05) is 6.54 Å². The molecule has 5 heteroatoms. The van der Waals surface area contributed by atoms with Crippen molar-refractivity contribution in [3.63, 3.8) is 0 Å². The summed E-state index contributed by atoms with van der Waals surface area (Å²) >= 11 is 0. The summed E-state index contributed by atoms with van der Waals surface area (Å²) in [5.74, 6) is 1.20. The molecule has 1 aromatic heterocycles. The number of rotatable bonds is 1. The fourth-order valence-corrected chi connectivity index (χ4v) is 3.22. The van der Waals surface area contributed by atoms with Gasteiger partial charge in [-0.2, -0.15) is 0 Å². The summed E-state index contributed by atoms with van der Waals surface area (Å²) in [6.45, 7) is 10.6. The van der Waals surface area contributed by atoms with Gasteiger partial charge in [-0.3, -0.25) is 4.90 Å². The first-order valence-electron chi connectivity index (χ1n) is 8.21. The maximum Gasteiger partial charge on any atom is 0.410 e. The first kappa shape index (κ1) is 15.8. The van der Waals surface area contributed by atoms with Crippen molar-refractivity contribution in [1.29, 1.82) is 0 Å². The lowest BCUT2D eigenvalue weighted by Gasteiger charge is -2.28. The topological polar surface area (TPSA) is 58.2 Å². The third kappa shape index (κ3) is 3.05. The molecule has 1 saturated heterocycles. The van der Waals surface area contributed by atoms with Crippen LogP contribution in [0.4, 0.5) is 4.79 Å². The van der Waals surface area contributed by atoms with Crippen molar-refractivity contribution >= 4 is 17.1 Å². The highest BCUT2D eigenvalue weighted by Crippen LogP contribution is 2.37. The van der Waals surface area contributed by atoms with Crippen molar-refractivity contribution < 1.29 is 9.53 Å². The van der Waals surface area contributed by atoms with E-state index in [9.17, 15) is 4.79 Å². The van der Waals surface area contributed by atoms with Crippen LogP contribution >= 0.6 is 0 Å². The number of aromatic amines is 1. The highest BCUT2D eigenvalue weighted by atomic mass is 16.6. The van der Waals surface area contributed by atoms with Crippen LogP contribution in [0.25, 0.3) is 11.0 Å². The van der Waals surface area contributed by atoms with E-state index >= 15 is 0 Å². The summed E-state index contributed by atoms with van der Waals surface area (Å²) < 4.78 is 5.56. The molecule has 1 aliphatic heterocycles. The number of likely N-dealkylation sites (tertiary alicyclic amines) is 1. The molecule has 0 radical (unpaired) electrons. The Morgan fingerprint density at radius 1 is 1.39 bits per heavy atom. The number of benzene rings is 1. The van der Waals surface area contributed by atoms with Crippen LogP contribution in [-0.2, 0) is 4.74 Å². The summed E-state index contributed by atoms with van der Waals surface area (Å²) in [5.41, 5.74) is 2.64. The van der Waals surface area contributed by atoms with E-state index in [4.69, 9.17) is 9.72 Å². The van der Waals surface area contributed by atoms with Crippen molar-refractivity contribution in [2.75, 3.05) is 6.54 Å². The SMILES string of the molecule is Cc1cccc2[nH]c(C3C(C)CCN3C(=O)OC(C)(C)C)nc12. The Morgan fingerprint density at radius 3 is 2.78 bits per heavy atom. The van der Waals surface area contributed by atoms with Gasteiger partial charge >= 0.3 is 6.09 Å². The van der Waals surface area contributed by atoms with E-state index in [1.165, 1.54) is 0 Å². The van der Waals surface area contributed by atoms with Gasteiger partial charge < -0.3 is 9.72 Å². The minimum atomic E-state index is -0.488. The number of amides is 1. The fraction of sp³-hybridized carbons (Fsp3) is 0.556. The van der Waals surface area contributed by atoms with Crippen LogP contribution in [0.2, 0.25) is 0 Å². The number of H-pyrrole nitrogens is 1. The first-order valence-corrected chi connectivity index (χ1v) is 8.21. The maximum atomic E-state index is 12.5. The minimum absolute atomic E-state index is 0.0587. The zero-order chi connectivity index (χ0) is 16.8. The van der Waals surface area contributed by atoms with Crippen molar-refractivity contribution in [1.82, 2.24) is 14.9 Å². The lowest BCUT2D eigenvalue weighted by atomic mass is 10.0. The van der Waals surface area contributed by atoms with Crippen LogP contribution in [0.5, 0.6) is 0 Å². The second-order valence-electron chi connectivity index (χ2n) is 7.48. The molecule has 0 bridgehead atoms. The van der Waals surface area contributed by atoms with E-state index in [0.717, 1.165) is 28.8 Å². The van der Waals surface area contributed by atoms with Crippen LogP contribution in [0.3, 0.4) is 0 Å². The molecule has 5 nitrogen and oxygen atoms in total. The second-order valence-corrected chi connectivity index (χ2v) is 7.48. The third-order valence-corrected chi connectivity index (χ3v) is 4.34. The van der Waals surface area contributed by atoms with Crippen LogP contribution < -0.4 is 0 Å². The molecular formula is C18H25N3O2. The van der Waals surface area contributed by atoms with Gasteiger partial charge in [-0.1, -0.05) is 19.1 Å². The summed E-state index contributed by atoms with van der Waals surface area (Å²) in [7, 11) is 0. The van der Waals surface area contributed by atoms with Crippen LogP contribution in [0.15, 0.2) is 18.2 Å². The molecule has 2 aromatic rings. The molecule has 2 heterocycles. The molecule has 1 N–H and O–H groups in total. The Kier molecular flexibility index (Phi) is 3.82. The Morgan fingerprint density at radius 2 is 2.13 bits per heavy atom. The van der Waals surface area contributed by atoms with Crippen LogP contribution in [0, 0.1) is 12.8 Å². The number of para-hydroxylation sites is 1. The number of carbonyl (C=O) groups excluding carboxylic acids is 1. The Bertz CT molecular complexity index is 729. The molecule has 124 valence electrons. The number of imidazole rings is 1. The van der Waals surface area contributed by atoms with Gasteiger partial charge in [-0.15, -0.1) is 0 Å². The molecule has 0 spiro atoms. The number of fused-ring (bicyclic) bond motifs is 1. The largest absolute Gasteiger partial charge is 0.444 e. The molecule has 1 amide bonds. The standard InChI is InChI=1S/C18H25N3O2/c1-11-7-6-8-13-14(11)20-16(19-13)15-12(2)9-10-21(15)17(22)23-18(3,4)5/h6-8,12,15H,9-10H2,1-5H3,(H,19,20). The zero-order valence-corrected chi connectivity index (χ0v) is 14.5. The molecule has 0 saturated carbocycles. The number of nitrogens with zero attached hydrogens (tertiary/aromatic N) is 2. The maximum absolute atomic E-state index is 12.5. The smallest absolute Gasteiger partial charge is 0.410 e. The third-order valence-electron chi connectivity index (χ3n) is 4.34. The molecule has 1 fully saturated rings. The number of ether oxygens (including phenoxy) is 1. The average molecular weight is 315 g/mol. The van der Waals surface area contributed by atoms with Gasteiger partial charge in [0.2, 0.25) is 0 Å². The first-order chi connectivity index (χ1) is 10.8. The number of aromatic nitrogens is 2. The Hall–Kier alpha value is -2.04. The lowest BCUT2D eigenvalue weighted by molar-refractivity contribution is 0.0202. The van der Waals surface area contributed by atoms with Gasteiger partial charge in [0.1, 0.15) is 11.4 Å². The Labute approximate surface area is 137 Å². The van der Waals surface area contributed by atoms with E-state index in [2.05, 4.69) is 24.9 Å². The molecular weight excluding hydrogens is 290 g/mol. The number of hydrogen-bond donors (Lipinski definition) is 1. The van der Waals surface area contributed by atoms with Crippen molar-refractivity contribution in [3.8, 4) is 0 Å². The number of hydrogen-bond acceptors (Lipinski definition) is 3. The van der Waals surface area contributed by atoms with Crippen molar-refractivity contribution in [2.24, 2.45) is 5.92 Å². The van der Waals surface area contributed by atoms with E-state index in [-0.39, 0.29) is 12.1 Å². The lowest BCUT2D eigenvalue weighted by Crippen LogP contribution is -2.37. The quantitative estimate of drug-likeness (QED) is 0.858. The van der Waals surface area contributed by atoms with Gasteiger partial charge in [0.15, 0.2) is 0 Å². The van der Waals surface area contributed by atoms with Gasteiger partial charge in [-0.25, -0.2) is 9.78 Å². The second kappa shape index (κ2) is 5.55. The predicted molar refractivity (Wildman–Crippen MR) is 90.3 cm³/mol. The molecule has 1 aliphatic rings. The van der Waals surface area contributed by atoms with Crippen molar-refractivity contribution in [3.05, 3.63) is 29.6 Å². The molecule has 2 atom stereocenters. The summed E-state index contributed by atoms with van der Waals surface area (Å²) in [4.78, 5) is 22.5. The summed E-state index contributed by atoms with van der Waals surface area (Å²) in [6, 6.07) is 6.03. The van der Waals surface area contributed by atoms with E-state index < -0.39 is 5.60 Å². The van der Waals surface area contributed by atoms with Crippen molar-refractivity contribution in [2.45, 2.75) is 52.7 Å². The monoisotopic (exact) mass is 315 g/mol. The normalized spacial score (nSPS) is 21.9. The van der Waals surface area contributed by atoms with E-state index in [1.807, 2.05) is 37.8 Å². The zero-order valence-electron chi connectivity index (χ0n) is 14.5. The molecule has 23 heavy (non-hydrogen) atoms. The van der Waals surface area contributed by atoms with E-state index in [0.29, 0.717) is 12.5 Å². The minimum Gasteiger partial charge on any atom is -0.444 e. The molecule has 3 rings (SSSR count). The van der Waals surface area contributed by atoms with Gasteiger partial charge in [0.25, 0.3) is 0 Å². The van der Waals surface area contributed by atoms with Gasteiger partial charge in [-0.05, 0) is 51.7 Å². The highest BCUT2D eigenvalue weighted by molar-refractivity contribution is 5.79. The average Bonchev–Trinajstić information content (AvgIpc) is 3.00. The number of aryl methyl sites for hydroxylation is 1. The fourth-order valence-electron chi connectivity index (χ4n) is 3.22. The Balaban J connectivity index is 1.94. The highest BCUT2D eigenvalue weighted by Gasteiger charge is 2.39. The van der Waals surface area contributed by atoms with Gasteiger partial charge in [0.05, 0.1) is 17.1 Å². The predicted octanol–water partition coefficient (Wildman–Crippen LogP) is 4.19. The number of carbonyl (C=O) groups is 1.